The van der Waals surface area contributed by atoms with Crippen molar-refractivity contribution in [1.29, 1.82) is 0 Å². The van der Waals surface area contributed by atoms with E-state index >= 15 is 0 Å². The maximum Gasteiger partial charge on any atom is 0.0713 e. The average Bonchev–Trinajstić information content (AvgIpc) is 2.33. The van der Waals surface area contributed by atoms with E-state index in [2.05, 4.69) is 36.1 Å². The molecule has 94 valence electrons. The zero-order valence-corrected chi connectivity index (χ0v) is 10.7. The van der Waals surface area contributed by atoms with Crippen molar-refractivity contribution in [2.45, 2.75) is 26.0 Å². The van der Waals surface area contributed by atoms with Crippen LogP contribution in [-0.2, 0) is 11.3 Å². The van der Waals surface area contributed by atoms with E-state index in [4.69, 9.17) is 10.5 Å². The number of benzene rings is 1. The van der Waals surface area contributed by atoms with Gasteiger partial charge in [-0.1, -0.05) is 19.1 Å². The molecule has 1 aromatic carbocycles. The van der Waals surface area contributed by atoms with Gasteiger partial charge >= 0.3 is 0 Å². The van der Waals surface area contributed by atoms with Gasteiger partial charge < -0.3 is 15.4 Å². The second kappa shape index (κ2) is 5.52. The van der Waals surface area contributed by atoms with Gasteiger partial charge in [0, 0.05) is 31.9 Å². The lowest BCUT2D eigenvalue weighted by Crippen LogP contribution is -2.45. The minimum Gasteiger partial charge on any atom is -0.380 e. The monoisotopic (exact) mass is 234 g/mol. The maximum absolute atomic E-state index is 6.05. The number of piperidine rings is 1. The number of anilines is 1. The van der Waals surface area contributed by atoms with E-state index in [1.807, 2.05) is 0 Å². The molecular weight excluding hydrogens is 212 g/mol. The summed E-state index contributed by atoms with van der Waals surface area (Å²) < 4.78 is 5.17. The maximum atomic E-state index is 6.05. The minimum absolute atomic E-state index is 0.355. The van der Waals surface area contributed by atoms with Crippen LogP contribution < -0.4 is 10.6 Å². The van der Waals surface area contributed by atoms with Crippen LogP contribution in [0.2, 0.25) is 0 Å². The summed E-state index contributed by atoms with van der Waals surface area (Å²) in [6.45, 7) is 5.02. The van der Waals surface area contributed by atoms with E-state index in [9.17, 15) is 0 Å². The van der Waals surface area contributed by atoms with Gasteiger partial charge in [-0.15, -0.1) is 0 Å². The molecule has 3 heteroatoms. The Morgan fingerprint density at radius 3 is 3.00 bits per heavy atom. The van der Waals surface area contributed by atoms with Crippen molar-refractivity contribution in [3.8, 4) is 0 Å². The van der Waals surface area contributed by atoms with Gasteiger partial charge in [-0.05, 0) is 30.0 Å². The van der Waals surface area contributed by atoms with E-state index < -0.39 is 0 Å². The molecular formula is C14H22N2O. The number of nitrogens with two attached hydrogens (primary N) is 1. The highest BCUT2D eigenvalue weighted by atomic mass is 16.5. The van der Waals surface area contributed by atoms with Gasteiger partial charge in [0.15, 0.2) is 0 Å². The second-order valence-electron chi connectivity index (χ2n) is 4.98. The summed E-state index contributed by atoms with van der Waals surface area (Å²) in [5, 5.41) is 0. The summed E-state index contributed by atoms with van der Waals surface area (Å²) >= 11 is 0. The smallest absolute Gasteiger partial charge is 0.0713 e. The largest absolute Gasteiger partial charge is 0.380 e. The van der Waals surface area contributed by atoms with Crippen molar-refractivity contribution in [2.24, 2.45) is 11.7 Å². The van der Waals surface area contributed by atoms with Gasteiger partial charge in [-0.3, -0.25) is 0 Å². The third kappa shape index (κ3) is 2.99. The number of ether oxygens (including phenoxy) is 1. The first-order valence-electron chi connectivity index (χ1n) is 6.29. The third-order valence-electron chi connectivity index (χ3n) is 3.56. The lowest BCUT2D eigenvalue weighted by Gasteiger charge is -2.36. The van der Waals surface area contributed by atoms with Crippen molar-refractivity contribution in [2.75, 3.05) is 25.1 Å². The van der Waals surface area contributed by atoms with Crippen LogP contribution in [0.4, 0.5) is 5.69 Å². The first kappa shape index (κ1) is 12.4. The first-order valence-corrected chi connectivity index (χ1v) is 6.29. The van der Waals surface area contributed by atoms with Gasteiger partial charge in [-0.25, -0.2) is 0 Å². The fourth-order valence-electron chi connectivity index (χ4n) is 2.41. The summed E-state index contributed by atoms with van der Waals surface area (Å²) in [5.74, 6) is 0.565. The van der Waals surface area contributed by atoms with Crippen LogP contribution in [0.5, 0.6) is 0 Å². The van der Waals surface area contributed by atoms with Crippen LogP contribution >= 0.6 is 0 Å². The predicted octanol–water partition coefficient (Wildman–Crippen LogP) is 2.01. The molecule has 1 aliphatic heterocycles. The molecule has 0 amide bonds. The highest BCUT2D eigenvalue weighted by Crippen LogP contribution is 2.23. The standard InChI is InChI=1S/C14H22N2O/c1-11-9-16(7-6-14(11)15)13-5-3-4-12(8-13)10-17-2/h3-5,8,11,14H,6-7,9-10,15H2,1-2H3. The topological polar surface area (TPSA) is 38.5 Å². The highest BCUT2D eigenvalue weighted by molar-refractivity contribution is 5.49. The molecule has 1 aliphatic rings. The van der Waals surface area contributed by atoms with Crippen molar-refractivity contribution >= 4 is 5.69 Å². The zero-order valence-electron chi connectivity index (χ0n) is 10.7. The molecule has 0 saturated carbocycles. The molecule has 1 saturated heterocycles. The molecule has 17 heavy (non-hydrogen) atoms. The van der Waals surface area contributed by atoms with Gasteiger partial charge in [0.25, 0.3) is 0 Å². The normalized spacial score (nSPS) is 25.0. The number of hydrogen-bond donors (Lipinski definition) is 1. The fourth-order valence-corrected chi connectivity index (χ4v) is 2.41. The molecule has 1 aromatic rings. The van der Waals surface area contributed by atoms with Crippen molar-refractivity contribution in [3.63, 3.8) is 0 Å². The molecule has 0 aromatic heterocycles. The SMILES string of the molecule is COCc1cccc(N2CCC(N)C(C)C2)c1. The van der Waals surface area contributed by atoms with Crippen molar-refractivity contribution < 1.29 is 4.74 Å². The Kier molecular flexibility index (Phi) is 4.02. The van der Waals surface area contributed by atoms with Crippen LogP contribution in [-0.4, -0.2) is 26.2 Å². The molecule has 0 radical (unpaired) electrons. The molecule has 0 bridgehead atoms. The van der Waals surface area contributed by atoms with Gasteiger partial charge in [0.2, 0.25) is 0 Å². The Bertz CT molecular complexity index is 367. The lowest BCUT2D eigenvalue weighted by atomic mass is 9.94. The zero-order chi connectivity index (χ0) is 12.3. The summed E-state index contributed by atoms with van der Waals surface area (Å²) in [4.78, 5) is 2.42. The Morgan fingerprint density at radius 1 is 1.47 bits per heavy atom. The molecule has 2 unspecified atom stereocenters. The summed E-state index contributed by atoms with van der Waals surface area (Å²) in [6, 6.07) is 8.94. The summed E-state index contributed by atoms with van der Waals surface area (Å²) in [6.07, 6.45) is 1.08. The summed E-state index contributed by atoms with van der Waals surface area (Å²) in [7, 11) is 1.73. The molecule has 1 heterocycles. The van der Waals surface area contributed by atoms with Crippen LogP contribution in [0.25, 0.3) is 0 Å². The second-order valence-corrected chi connectivity index (χ2v) is 4.98. The number of rotatable bonds is 3. The molecule has 2 N–H and O–H groups in total. The number of nitrogens with zero attached hydrogens (tertiary/aromatic N) is 1. The van der Waals surface area contributed by atoms with Gasteiger partial charge in [0.1, 0.15) is 0 Å². The van der Waals surface area contributed by atoms with Crippen LogP contribution in [0.15, 0.2) is 24.3 Å². The predicted molar refractivity (Wildman–Crippen MR) is 71.1 cm³/mol. The molecule has 0 aliphatic carbocycles. The Hall–Kier alpha value is -1.06. The van der Waals surface area contributed by atoms with E-state index in [0.717, 1.165) is 19.5 Å². The molecule has 2 rings (SSSR count). The lowest BCUT2D eigenvalue weighted by molar-refractivity contribution is 0.185. The molecule has 3 nitrogen and oxygen atoms in total. The first-order chi connectivity index (χ1) is 8.20. The third-order valence-corrected chi connectivity index (χ3v) is 3.56. The van der Waals surface area contributed by atoms with Gasteiger partial charge in [-0.2, -0.15) is 0 Å². The minimum atomic E-state index is 0.355. The fraction of sp³-hybridized carbons (Fsp3) is 0.571. The molecule has 1 fully saturated rings. The highest BCUT2D eigenvalue weighted by Gasteiger charge is 2.23. The Labute approximate surface area is 104 Å². The summed E-state index contributed by atoms with van der Waals surface area (Å²) in [5.41, 5.74) is 8.57. The van der Waals surface area contributed by atoms with Crippen LogP contribution in [0, 0.1) is 5.92 Å². The number of methoxy groups -OCH3 is 1. The Morgan fingerprint density at radius 2 is 2.29 bits per heavy atom. The van der Waals surface area contributed by atoms with Crippen LogP contribution in [0.3, 0.4) is 0 Å². The number of hydrogen-bond acceptors (Lipinski definition) is 3. The molecule has 2 atom stereocenters. The van der Waals surface area contributed by atoms with Crippen molar-refractivity contribution in [3.05, 3.63) is 29.8 Å². The quantitative estimate of drug-likeness (QED) is 0.869. The van der Waals surface area contributed by atoms with E-state index in [0.29, 0.717) is 18.6 Å². The average molecular weight is 234 g/mol. The van der Waals surface area contributed by atoms with Gasteiger partial charge in [0.05, 0.1) is 6.61 Å². The van der Waals surface area contributed by atoms with E-state index in [1.165, 1.54) is 11.3 Å². The van der Waals surface area contributed by atoms with E-state index in [1.54, 1.807) is 7.11 Å². The Balaban J connectivity index is 2.09. The van der Waals surface area contributed by atoms with Crippen molar-refractivity contribution in [1.82, 2.24) is 0 Å². The molecule has 0 spiro atoms. The van der Waals surface area contributed by atoms with E-state index in [-0.39, 0.29) is 0 Å². The van der Waals surface area contributed by atoms with Crippen LogP contribution in [0.1, 0.15) is 18.9 Å².